The topological polar surface area (TPSA) is 103 Å². The van der Waals surface area contributed by atoms with Crippen LogP contribution in [0.25, 0.3) is 55.6 Å². The van der Waals surface area contributed by atoms with Gasteiger partial charge in [-0.3, -0.25) is 0 Å². The van der Waals surface area contributed by atoms with Crippen molar-refractivity contribution in [3.63, 3.8) is 0 Å². The summed E-state index contributed by atoms with van der Waals surface area (Å²) < 4.78 is 40.6. The zero-order chi connectivity index (χ0) is 56.6. The second-order valence-electron chi connectivity index (χ2n) is 21.4. The average molecular weight is 1080 g/mol. The number of benzene rings is 6. The molecule has 0 heterocycles. The maximum absolute atomic E-state index is 11.6. The van der Waals surface area contributed by atoms with Gasteiger partial charge in [-0.15, -0.1) is 0 Å². The highest BCUT2D eigenvalue weighted by Gasteiger charge is 2.24. The van der Waals surface area contributed by atoms with Crippen LogP contribution in [0.4, 0.5) is 0 Å². The SMILES string of the molecule is CCCCCCOc1cc(/C=C(\C#N)c2ccc(OCCCCCC)c3c(/C(C#N)=C/c4cc(OCCCCCC)c5ccccc5c4OCCCCCC)ccc(OCCCCCC)c23)c(OCCCCCC)c2ccccc12. The highest BCUT2D eigenvalue weighted by molar-refractivity contribution is 6.13. The Morgan fingerprint density at radius 3 is 0.925 bits per heavy atom. The van der Waals surface area contributed by atoms with E-state index in [9.17, 15) is 10.5 Å². The highest BCUT2D eigenvalue weighted by Crippen LogP contribution is 2.46. The second kappa shape index (κ2) is 35.9. The first kappa shape index (κ1) is 62.6. The third-order valence-electron chi connectivity index (χ3n) is 15.0. The second-order valence-corrected chi connectivity index (χ2v) is 21.4. The molecule has 0 saturated carbocycles. The lowest BCUT2D eigenvalue weighted by atomic mass is 9.90. The minimum atomic E-state index is 0.425. The smallest absolute Gasteiger partial charge is 0.134 e. The lowest BCUT2D eigenvalue weighted by Gasteiger charge is -2.20. The molecule has 6 rings (SSSR count). The number of nitrogens with zero attached hydrogens (tertiary/aromatic N) is 2. The Kier molecular flexibility index (Phi) is 28.0. The van der Waals surface area contributed by atoms with Gasteiger partial charge in [0, 0.05) is 54.6 Å². The number of nitriles is 2. The maximum atomic E-state index is 11.6. The monoisotopic (exact) mass is 1080 g/mol. The van der Waals surface area contributed by atoms with Crippen LogP contribution in [0, 0.1) is 22.7 Å². The van der Waals surface area contributed by atoms with Gasteiger partial charge in [0.25, 0.3) is 0 Å². The quantitative estimate of drug-likeness (QED) is 0.0213. The van der Waals surface area contributed by atoms with Gasteiger partial charge in [-0.2, -0.15) is 10.5 Å². The molecule has 0 bridgehead atoms. The molecule has 0 amide bonds. The van der Waals surface area contributed by atoms with Crippen LogP contribution in [0.15, 0.2) is 84.9 Å². The Morgan fingerprint density at radius 2 is 0.625 bits per heavy atom. The Bertz CT molecular complexity index is 2780. The molecule has 6 aromatic carbocycles. The molecule has 0 fully saturated rings. The molecular formula is C72H94N2O6. The van der Waals surface area contributed by atoms with Crippen molar-refractivity contribution < 1.29 is 28.4 Å². The standard InChI is InChI=1S/C72H94N2O6/c1-7-13-19-29-43-75-65-41-39-60(58(54-74)50-56-52-68(78-46-32-22-16-10-4)62-36-26-28-38-64(62)72(56)80-48-34-24-18-12-6)70-66(76-44-30-20-14-8-2)42-40-59(69(65)70)57(53-73)49-55-51-67(77-45-31-21-15-9-3)61-35-25-27-37-63(61)71(55)79-47-33-23-17-11-5/h25-28,35-42,49-52H,7-24,29-34,43-48H2,1-6H3/b57-49+,58-50+. The molecule has 0 atom stereocenters. The van der Waals surface area contributed by atoms with Crippen molar-refractivity contribution >= 4 is 55.6 Å². The largest absolute Gasteiger partial charge is 0.493 e. The van der Waals surface area contributed by atoms with Crippen LogP contribution < -0.4 is 28.4 Å². The van der Waals surface area contributed by atoms with E-state index < -0.39 is 0 Å². The van der Waals surface area contributed by atoms with Gasteiger partial charge in [-0.05, 0) is 87.1 Å². The predicted molar refractivity (Wildman–Crippen MR) is 337 cm³/mol. The van der Waals surface area contributed by atoms with E-state index in [1.54, 1.807) is 0 Å². The zero-order valence-electron chi connectivity index (χ0n) is 49.8. The summed E-state index contributed by atoms with van der Waals surface area (Å²) in [6.45, 7) is 16.6. The van der Waals surface area contributed by atoms with Crippen molar-refractivity contribution in [3.8, 4) is 46.6 Å². The predicted octanol–water partition coefficient (Wildman–Crippen LogP) is 21.0. The molecule has 0 spiro atoms. The number of rotatable bonds is 40. The van der Waals surface area contributed by atoms with Gasteiger partial charge in [0.1, 0.15) is 34.5 Å². The molecule has 0 saturated heterocycles. The third-order valence-corrected chi connectivity index (χ3v) is 15.0. The first-order valence-corrected chi connectivity index (χ1v) is 31.2. The number of ether oxygens (including phenoxy) is 6. The summed E-state index contributed by atoms with van der Waals surface area (Å²) in [7, 11) is 0. The van der Waals surface area contributed by atoms with Crippen LogP contribution in [0.3, 0.4) is 0 Å². The van der Waals surface area contributed by atoms with Gasteiger partial charge in [0.15, 0.2) is 0 Å². The van der Waals surface area contributed by atoms with E-state index in [1.165, 1.54) is 0 Å². The van der Waals surface area contributed by atoms with Crippen molar-refractivity contribution in [2.45, 2.75) is 196 Å². The Hall–Kier alpha value is -6.64. The van der Waals surface area contributed by atoms with Gasteiger partial charge in [-0.25, -0.2) is 0 Å². The Morgan fingerprint density at radius 1 is 0.338 bits per heavy atom. The van der Waals surface area contributed by atoms with Gasteiger partial charge >= 0.3 is 0 Å². The van der Waals surface area contributed by atoms with E-state index in [0.29, 0.717) is 73.4 Å². The third kappa shape index (κ3) is 18.2. The van der Waals surface area contributed by atoms with Crippen molar-refractivity contribution in [1.82, 2.24) is 0 Å². The van der Waals surface area contributed by atoms with E-state index in [2.05, 4.69) is 90.1 Å². The summed E-state index contributed by atoms with van der Waals surface area (Å²) in [6, 6.07) is 33.9. The molecule has 6 aromatic rings. The summed E-state index contributed by atoms with van der Waals surface area (Å²) in [5.41, 5.74) is 3.73. The maximum Gasteiger partial charge on any atom is 0.134 e. The van der Waals surface area contributed by atoms with Crippen molar-refractivity contribution in [3.05, 3.63) is 107 Å². The van der Waals surface area contributed by atoms with Gasteiger partial charge < -0.3 is 28.4 Å². The van der Waals surface area contributed by atoms with Crippen molar-refractivity contribution in [2.24, 2.45) is 0 Å². The molecule has 0 aliphatic heterocycles. The number of hydrogen-bond donors (Lipinski definition) is 0. The van der Waals surface area contributed by atoms with Crippen molar-refractivity contribution in [2.75, 3.05) is 39.6 Å². The van der Waals surface area contributed by atoms with Crippen LogP contribution in [0.1, 0.15) is 218 Å². The zero-order valence-corrected chi connectivity index (χ0v) is 49.8. The first-order chi connectivity index (χ1) is 39.5. The summed E-state index contributed by atoms with van der Waals surface area (Å²) in [6.07, 6.45) is 29.5. The molecule has 80 heavy (non-hydrogen) atoms. The van der Waals surface area contributed by atoms with Crippen LogP contribution in [0.5, 0.6) is 34.5 Å². The lowest BCUT2D eigenvalue weighted by molar-refractivity contribution is 0.301. The van der Waals surface area contributed by atoms with Crippen LogP contribution >= 0.6 is 0 Å². The minimum Gasteiger partial charge on any atom is -0.493 e. The fourth-order valence-electron chi connectivity index (χ4n) is 10.5. The molecule has 0 radical (unpaired) electrons. The van der Waals surface area contributed by atoms with Gasteiger partial charge in [0.05, 0.1) is 62.9 Å². The fraction of sp³-hybridized carbons (Fsp3) is 0.500. The van der Waals surface area contributed by atoms with E-state index >= 15 is 0 Å². The van der Waals surface area contributed by atoms with Crippen LogP contribution in [-0.2, 0) is 0 Å². The summed E-state index contributed by atoms with van der Waals surface area (Å²) in [5.74, 6) is 4.25. The normalized spacial score (nSPS) is 11.8. The van der Waals surface area contributed by atoms with Crippen molar-refractivity contribution in [1.29, 1.82) is 10.5 Å². The Balaban J connectivity index is 1.62. The van der Waals surface area contributed by atoms with E-state index in [1.807, 2.05) is 60.7 Å². The lowest BCUT2D eigenvalue weighted by Crippen LogP contribution is -2.04. The molecular weight excluding hydrogens is 989 g/mol. The first-order valence-electron chi connectivity index (χ1n) is 31.2. The molecule has 0 unspecified atom stereocenters. The van der Waals surface area contributed by atoms with E-state index in [0.717, 1.165) is 221 Å². The average Bonchev–Trinajstić information content (AvgIpc) is 3.55. The number of fused-ring (bicyclic) bond motifs is 3. The number of allylic oxidation sites excluding steroid dienone is 2. The van der Waals surface area contributed by atoms with E-state index in [4.69, 9.17) is 28.4 Å². The number of hydrogen-bond acceptors (Lipinski definition) is 8. The molecule has 0 N–H and O–H groups in total. The number of unbranched alkanes of at least 4 members (excludes halogenated alkanes) is 18. The molecule has 428 valence electrons. The van der Waals surface area contributed by atoms with Gasteiger partial charge in [-0.1, -0.05) is 206 Å². The molecule has 0 aliphatic rings. The Labute approximate surface area is 481 Å². The summed E-state index contributed by atoms with van der Waals surface area (Å²) >= 11 is 0. The van der Waals surface area contributed by atoms with Gasteiger partial charge in [0.2, 0.25) is 0 Å². The fourth-order valence-corrected chi connectivity index (χ4v) is 10.5. The minimum absolute atomic E-state index is 0.425. The summed E-state index contributed by atoms with van der Waals surface area (Å²) in [5, 5.41) is 28.4. The molecule has 8 heteroatoms. The van der Waals surface area contributed by atoms with E-state index in [-0.39, 0.29) is 0 Å². The molecule has 0 aromatic heterocycles. The highest BCUT2D eigenvalue weighted by atomic mass is 16.5. The van der Waals surface area contributed by atoms with Crippen LogP contribution in [0.2, 0.25) is 0 Å². The molecule has 0 aliphatic carbocycles. The van der Waals surface area contributed by atoms with Crippen LogP contribution in [-0.4, -0.2) is 39.6 Å². The summed E-state index contributed by atoms with van der Waals surface area (Å²) in [4.78, 5) is 0. The molecule has 8 nitrogen and oxygen atoms in total.